The van der Waals surface area contributed by atoms with Gasteiger partial charge in [-0.2, -0.15) is 0 Å². The van der Waals surface area contributed by atoms with Crippen molar-refractivity contribution in [2.75, 3.05) is 0 Å². The molecule has 4 nitrogen and oxygen atoms in total. The average molecular weight is 484 g/mol. The van der Waals surface area contributed by atoms with Gasteiger partial charge in [0.15, 0.2) is 0 Å². The molecule has 174 valence electrons. The van der Waals surface area contributed by atoms with Crippen LogP contribution in [0, 0.1) is 24.6 Å². The van der Waals surface area contributed by atoms with Gasteiger partial charge >= 0.3 is 0 Å². The minimum atomic E-state index is -4.42. The fraction of sp³-hybridized carbons (Fsp3) is 0.0690. The van der Waals surface area contributed by atoms with Crippen molar-refractivity contribution in [3.05, 3.63) is 137 Å². The third-order valence-electron chi connectivity index (χ3n) is 5.36. The van der Waals surface area contributed by atoms with E-state index in [4.69, 9.17) is 0 Å². The summed E-state index contributed by atoms with van der Waals surface area (Å²) in [5.41, 5.74) is 1.59. The predicted octanol–water partition coefficient (Wildman–Crippen LogP) is 5.76. The van der Waals surface area contributed by atoms with Crippen LogP contribution < -0.4 is 0 Å². The second-order valence-corrected chi connectivity index (χ2v) is 9.66. The van der Waals surface area contributed by atoms with E-state index in [0.29, 0.717) is 9.87 Å². The number of benzene rings is 4. The molecule has 4 rings (SSSR count). The SMILES string of the molecule is Cc1ccc(S(=O)(=O)N(C(=O)c2ccccc2)C(C#Cc2ccccc2)c2ccccc2F)cc1. The van der Waals surface area contributed by atoms with Crippen LogP contribution in [0.25, 0.3) is 0 Å². The van der Waals surface area contributed by atoms with E-state index >= 15 is 4.39 Å². The van der Waals surface area contributed by atoms with Gasteiger partial charge in [-0.15, -0.1) is 0 Å². The highest BCUT2D eigenvalue weighted by molar-refractivity contribution is 7.89. The summed E-state index contributed by atoms with van der Waals surface area (Å²) < 4.78 is 43.5. The lowest BCUT2D eigenvalue weighted by Crippen LogP contribution is -2.40. The first-order chi connectivity index (χ1) is 16.9. The van der Waals surface area contributed by atoms with Gasteiger partial charge in [0.1, 0.15) is 11.9 Å². The molecular formula is C29H22FNO3S. The number of rotatable bonds is 5. The molecule has 35 heavy (non-hydrogen) atoms. The van der Waals surface area contributed by atoms with E-state index in [0.717, 1.165) is 5.56 Å². The Morgan fingerprint density at radius 3 is 2.00 bits per heavy atom. The molecule has 0 saturated heterocycles. The van der Waals surface area contributed by atoms with Gasteiger partial charge in [-0.25, -0.2) is 17.1 Å². The number of halogens is 1. The monoisotopic (exact) mass is 483 g/mol. The first-order valence-electron chi connectivity index (χ1n) is 10.9. The lowest BCUT2D eigenvalue weighted by Gasteiger charge is -2.28. The Hall–Kier alpha value is -4.21. The highest BCUT2D eigenvalue weighted by Gasteiger charge is 2.37. The molecule has 4 aromatic carbocycles. The maximum Gasteiger partial charge on any atom is 0.269 e. The van der Waals surface area contributed by atoms with Crippen molar-refractivity contribution >= 4 is 15.9 Å². The molecule has 0 fully saturated rings. The minimum Gasteiger partial charge on any atom is -0.268 e. The second kappa shape index (κ2) is 10.4. The van der Waals surface area contributed by atoms with Crippen LogP contribution in [0.3, 0.4) is 0 Å². The molecule has 0 spiro atoms. The Kier molecular flexibility index (Phi) is 7.09. The van der Waals surface area contributed by atoms with Crippen LogP contribution in [-0.4, -0.2) is 18.6 Å². The highest BCUT2D eigenvalue weighted by Crippen LogP contribution is 2.31. The topological polar surface area (TPSA) is 54.5 Å². The summed E-state index contributed by atoms with van der Waals surface area (Å²) in [6, 6.07) is 27.4. The minimum absolute atomic E-state index is 0.0177. The van der Waals surface area contributed by atoms with Crippen LogP contribution in [0.4, 0.5) is 4.39 Å². The molecule has 0 saturated carbocycles. The smallest absolute Gasteiger partial charge is 0.268 e. The van der Waals surface area contributed by atoms with Crippen LogP contribution >= 0.6 is 0 Å². The molecule has 0 heterocycles. The van der Waals surface area contributed by atoms with Crippen LogP contribution in [-0.2, 0) is 10.0 Å². The number of amides is 1. The molecule has 4 aromatic rings. The van der Waals surface area contributed by atoms with Crippen LogP contribution in [0.2, 0.25) is 0 Å². The summed E-state index contributed by atoms with van der Waals surface area (Å²) in [5.74, 6) is 4.32. The van der Waals surface area contributed by atoms with Gasteiger partial charge in [-0.3, -0.25) is 4.79 Å². The maximum atomic E-state index is 15.0. The number of hydrogen-bond donors (Lipinski definition) is 0. The van der Waals surface area contributed by atoms with Crippen molar-refractivity contribution in [2.45, 2.75) is 17.9 Å². The molecule has 0 radical (unpaired) electrons. The van der Waals surface area contributed by atoms with Crippen molar-refractivity contribution in [3.8, 4) is 11.8 Å². The first kappa shape index (κ1) is 23.9. The Morgan fingerprint density at radius 1 is 0.800 bits per heavy atom. The number of sulfonamides is 1. The maximum absolute atomic E-state index is 15.0. The lowest BCUT2D eigenvalue weighted by atomic mass is 10.0. The molecule has 0 bridgehead atoms. The summed E-state index contributed by atoms with van der Waals surface area (Å²) in [6.45, 7) is 1.83. The zero-order chi connectivity index (χ0) is 24.8. The zero-order valence-corrected chi connectivity index (χ0v) is 19.7. The zero-order valence-electron chi connectivity index (χ0n) is 18.9. The summed E-state index contributed by atoms with van der Waals surface area (Å²) in [5, 5.41) is 0. The van der Waals surface area contributed by atoms with Crippen molar-refractivity contribution in [3.63, 3.8) is 0 Å². The Balaban J connectivity index is 1.96. The molecule has 1 atom stereocenters. The number of nitrogens with zero attached hydrogens (tertiary/aromatic N) is 1. The molecule has 0 aliphatic rings. The molecule has 1 amide bonds. The molecule has 1 unspecified atom stereocenters. The highest BCUT2D eigenvalue weighted by atomic mass is 32.2. The van der Waals surface area contributed by atoms with Crippen LogP contribution in [0.5, 0.6) is 0 Å². The number of hydrogen-bond acceptors (Lipinski definition) is 3. The van der Waals surface area contributed by atoms with Gasteiger partial charge in [0.05, 0.1) is 4.90 Å². The summed E-state index contributed by atoms with van der Waals surface area (Å²) in [4.78, 5) is 13.6. The molecule has 0 aliphatic carbocycles. The number of carbonyl (C=O) groups is 1. The second-order valence-electron chi connectivity index (χ2n) is 7.84. The van der Waals surface area contributed by atoms with E-state index in [-0.39, 0.29) is 16.0 Å². The molecule has 0 N–H and O–H groups in total. The van der Waals surface area contributed by atoms with Crippen LogP contribution in [0.15, 0.2) is 114 Å². The molecular weight excluding hydrogens is 461 g/mol. The van der Waals surface area contributed by atoms with Crippen molar-refractivity contribution in [2.24, 2.45) is 0 Å². The Labute approximate surface area is 204 Å². The summed E-state index contributed by atoms with van der Waals surface area (Å²) >= 11 is 0. The third-order valence-corrected chi connectivity index (χ3v) is 7.12. The van der Waals surface area contributed by atoms with Gasteiger partial charge < -0.3 is 0 Å². The first-order valence-corrected chi connectivity index (χ1v) is 12.3. The van der Waals surface area contributed by atoms with Gasteiger partial charge in [0.25, 0.3) is 15.9 Å². The average Bonchev–Trinajstić information content (AvgIpc) is 2.88. The van der Waals surface area contributed by atoms with Crippen molar-refractivity contribution in [1.82, 2.24) is 4.31 Å². The van der Waals surface area contributed by atoms with Crippen molar-refractivity contribution in [1.29, 1.82) is 0 Å². The van der Waals surface area contributed by atoms with E-state index < -0.39 is 27.8 Å². The predicted molar refractivity (Wildman–Crippen MR) is 133 cm³/mol. The fourth-order valence-electron chi connectivity index (χ4n) is 3.53. The standard InChI is InChI=1S/C29H22FNO3S/c1-22-16-19-25(20-17-22)35(33,34)31(29(32)24-12-6-3-7-13-24)28(26-14-8-9-15-27(26)30)21-18-23-10-4-2-5-11-23/h2-17,19-20,28H,1H3. The normalized spacial score (nSPS) is 11.7. The van der Waals surface area contributed by atoms with Gasteiger partial charge in [0.2, 0.25) is 0 Å². The van der Waals surface area contributed by atoms with Gasteiger partial charge in [-0.1, -0.05) is 84.1 Å². The van der Waals surface area contributed by atoms with Crippen LogP contribution in [0.1, 0.15) is 33.1 Å². The number of carbonyl (C=O) groups excluding carboxylic acids is 1. The van der Waals surface area contributed by atoms with Gasteiger partial charge in [-0.05, 0) is 49.4 Å². The molecule has 0 aliphatic heterocycles. The quantitative estimate of drug-likeness (QED) is 0.339. The largest absolute Gasteiger partial charge is 0.269 e. The Morgan fingerprint density at radius 2 is 1.37 bits per heavy atom. The number of aryl methyl sites for hydroxylation is 1. The van der Waals surface area contributed by atoms with E-state index in [1.165, 1.54) is 42.5 Å². The Bertz CT molecular complexity index is 1490. The third kappa shape index (κ3) is 5.32. The summed E-state index contributed by atoms with van der Waals surface area (Å²) in [6.07, 6.45) is 0. The molecule has 0 aromatic heterocycles. The van der Waals surface area contributed by atoms with Crippen molar-refractivity contribution < 1.29 is 17.6 Å². The molecule has 6 heteroatoms. The van der Waals surface area contributed by atoms with E-state index in [1.807, 2.05) is 13.0 Å². The van der Waals surface area contributed by atoms with E-state index in [2.05, 4.69) is 11.8 Å². The fourth-order valence-corrected chi connectivity index (χ4v) is 5.00. The van der Waals surface area contributed by atoms with Gasteiger partial charge in [0, 0.05) is 16.7 Å². The lowest BCUT2D eigenvalue weighted by molar-refractivity contribution is 0.0840. The van der Waals surface area contributed by atoms with E-state index in [9.17, 15) is 13.2 Å². The van der Waals surface area contributed by atoms with E-state index in [1.54, 1.807) is 60.7 Å². The summed E-state index contributed by atoms with van der Waals surface area (Å²) in [7, 11) is -4.42.